The molecule has 0 aliphatic carbocycles. The highest BCUT2D eigenvalue weighted by molar-refractivity contribution is 9.10. The molecule has 0 fully saturated rings. The second kappa shape index (κ2) is 9.52. The summed E-state index contributed by atoms with van der Waals surface area (Å²) < 4.78 is 2.15. The van der Waals surface area contributed by atoms with Gasteiger partial charge in [-0.05, 0) is 80.4 Å². The molecule has 0 aliphatic rings. The van der Waals surface area contributed by atoms with Gasteiger partial charge in [-0.3, -0.25) is 19.8 Å². The number of carbonyl (C=O) groups is 3. The van der Waals surface area contributed by atoms with E-state index in [1.165, 1.54) is 4.68 Å². The number of nitrogens with zero attached hydrogens (tertiary/aromatic N) is 1. The zero-order valence-electron chi connectivity index (χ0n) is 18.9. The lowest BCUT2D eigenvalue weighted by atomic mass is 10.1. The Labute approximate surface area is 205 Å². The molecule has 0 unspecified atom stereocenters. The zero-order chi connectivity index (χ0) is 24.4. The van der Waals surface area contributed by atoms with Gasteiger partial charge in [0, 0.05) is 21.2 Å². The molecule has 0 radical (unpaired) electrons. The van der Waals surface area contributed by atoms with Gasteiger partial charge < -0.3 is 10.6 Å². The van der Waals surface area contributed by atoms with Crippen LogP contribution in [0, 0.1) is 20.8 Å². The number of nitrogens with one attached hydrogen (secondary N) is 3. The van der Waals surface area contributed by atoms with Gasteiger partial charge in [-0.2, -0.15) is 0 Å². The van der Waals surface area contributed by atoms with Crippen molar-refractivity contribution in [1.29, 1.82) is 0 Å². The van der Waals surface area contributed by atoms with Crippen LogP contribution in [0.25, 0.3) is 10.9 Å². The van der Waals surface area contributed by atoms with E-state index in [4.69, 9.17) is 0 Å². The summed E-state index contributed by atoms with van der Waals surface area (Å²) in [6.45, 7) is 5.85. The lowest BCUT2D eigenvalue weighted by molar-refractivity contribution is -0.133. The van der Waals surface area contributed by atoms with Gasteiger partial charge in [-0.25, -0.2) is 4.68 Å². The molecule has 0 saturated heterocycles. The van der Waals surface area contributed by atoms with Gasteiger partial charge >= 0.3 is 11.8 Å². The minimum Gasteiger partial charge on any atom is -0.321 e. The summed E-state index contributed by atoms with van der Waals surface area (Å²) in [5, 5.41) is 6.15. The highest BCUT2D eigenvalue weighted by Crippen LogP contribution is 2.24. The predicted molar refractivity (Wildman–Crippen MR) is 138 cm³/mol. The number of halogens is 1. The number of rotatable bonds is 4. The smallest absolute Gasteiger partial charge is 0.321 e. The summed E-state index contributed by atoms with van der Waals surface area (Å²) in [4.78, 5) is 38.4. The molecule has 0 saturated carbocycles. The fourth-order valence-electron chi connectivity index (χ4n) is 3.47. The molecule has 172 valence electrons. The first-order chi connectivity index (χ1) is 16.2. The maximum Gasteiger partial charge on any atom is 0.328 e. The number of benzene rings is 3. The van der Waals surface area contributed by atoms with E-state index in [1.54, 1.807) is 42.5 Å². The van der Waals surface area contributed by atoms with E-state index >= 15 is 0 Å². The monoisotopic (exact) mass is 518 g/mol. The van der Waals surface area contributed by atoms with Crippen molar-refractivity contribution < 1.29 is 14.4 Å². The molecule has 1 heterocycles. The molecule has 4 rings (SSSR count). The quantitative estimate of drug-likeness (QED) is 0.320. The van der Waals surface area contributed by atoms with Gasteiger partial charge in [0.15, 0.2) is 0 Å². The average Bonchev–Trinajstić information content (AvgIpc) is 3.15. The summed E-state index contributed by atoms with van der Waals surface area (Å²) in [7, 11) is 0. The molecule has 3 aromatic carbocycles. The number of aryl methyl sites for hydroxylation is 3. The molecule has 0 spiro atoms. The Hall–Kier alpha value is -3.91. The largest absolute Gasteiger partial charge is 0.328 e. The fourth-order valence-corrected chi connectivity index (χ4v) is 3.84. The molecule has 3 N–H and O–H groups in total. The van der Waals surface area contributed by atoms with Crippen LogP contribution in [0.1, 0.15) is 27.2 Å². The lowest BCUT2D eigenvalue weighted by Gasteiger charge is -2.13. The van der Waals surface area contributed by atoms with Gasteiger partial charge in [-0.1, -0.05) is 39.7 Å². The first-order valence-electron chi connectivity index (χ1n) is 10.6. The molecule has 0 aliphatic heterocycles. The standard InChI is InChI=1S/C26H23BrN4O3/c1-15-4-8-20(9-5-15)28-24(32)23-14-18-13-19(27)7-11-22(18)31(23)30-26(34)25(33)29-21-10-6-16(2)17(3)12-21/h4-14H,1-3H3,(H,28,32)(H,29,33)(H,30,34). The fraction of sp³-hybridized carbons (Fsp3) is 0.115. The summed E-state index contributed by atoms with van der Waals surface area (Å²) in [5.74, 6) is -2.17. The number of hydrogen-bond acceptors (Lipinski definition) is 3. The Morgan fingerprint density at radius 1 is 0.735 bits per heavy atom. The second-order valence-electron chi connectivity index (χ2n) is 8.08. The van der Waals surface area contributed by atoms with Gasteiger partial charge in [0.1, 0.15) is 5.69 Å². The number of amides is 3. The zero-order valence-corrected chi connectivity index (χ0v) is 20.5. The molecular formula is C26H23BrN4O3. The minimum absolute atomic E-state index is 0.181. The molecular weight excluding hydrogens is 496 g/mol. The van der Waals surface area contributed by atoms with E-state index in [9.17, 15) is 14.4 Å². The molecule has 0 atom stereocenters. The summed E-state index contributed by atoms with van der Waals surface area (Å²) in [6.07, 6.45) is 0. The Morgan fingerprint density at radius 3 is 2.15 bits per heavy atom. The van der Waals surface area contributed by atoms with Crippen LogP contribution in [0.5, 0.6) is 0 Å². The molecule has 3 amide bonds. The van der Waals surface area contributed by atoms with Crippen LogP contribution in [0.4, 0.5) is 11.4 Å². The summed E-state index contributed by atoms with van der Waals surface area (Å²) >= 11 is 3.42. The number of carbonyl (C=O) groups excluding carboxylic acids is 3. The third kappa shape index (κ3) is 5.02. The summed E-state index contributed by atoms with van der Waals surface area (Å²) in [6, 6.07) is 19.8. The number of fused-ring (bicyclic) bond motifs is 1. The van der Waals surface area contributed by atoms with E-state index in [0.29, 0.717) is 16.9 Å². The maximum absolute atomic E-state index is 13.1. The molecule has 8 heteroatoms. The molecule has 0 bridgehead atoms. The van der Waals surface area contributed by atoms with Crippen molar-refractivity contribution in [1.82, 2.24) is 4.68 Å². The Bertz CT molecular complexity index is 1420. The van der Waals surface area contributed by atoms with Gasteiger partial charge in [-0.15, -0.1) is 0 Å². The highest BCUT2D eigenvalue weighted by atomic mass is 79.9. The molecule has 34 heavy (non-hydrogen) atoms. The van der Waals surface area contributed by atoms with Crippen LogP contribution >= 0.6 is 15.9 Å². The Kier molecular flexibility index (Phi) is 6.51. The topological polar surface area (TPSA) is 92.2 Å². The average molecular weight is 519 g/mol. The molecule has 4 aromatic rings. The van der Waals surface area contributed by atoms with E-state index < -0.39 is 17.7 Å². The third-order valence-corrected chi connectivity index (χ3v) is 5.98. The molecule has 7 nitrogen and oxygen atoms in total. The van der Waals surface area contributed by atoms with Crippen LogP contribution in [0.15, 0.2) is 71.2 Å². The Balaban J connectivity index is 1.61. The predicted octanol–water partition coefficient (Wildman–Crippen LogP) is 5.29. The summed E-state index contributed by atoms with van der Waals surface area (Å²) in [5.41, 5.74) is 7.60. The number of aromatic nitrogens is 1. The van der Waals surface area contributed by atoms with Crippen LogP contribution in [0.3, 0.4) is 0 Å². The van der Waals surface area contributed by atoms with Gasteiger partial charge in [0.25, 0.3) is 5.91 Å². The van der Waals surface area contributed by atoms with Crippen molar-refractivity contribution >= 4 is 55.9 Å². The third-order valence-electron chi connectivity index (χ3n) is 5.49. The van der Waals surface area contributed by atoms with Crippen LogP contribution < -0.4 is 16.1 Å². The maximum atomic E-state index is 13.1. The lowest BCUT2D eigenvalue weighted by Crippen LogP contribution is -2.36. The number of hydrogen-bond donors (Lipinski definition) is 3. The van der Waals surface area contributed by atoms with Crippen LogP contribution in [0.2, 0.25) is 0 Å². The van der Waals surface area contributed by atoms with Crippen molar-refractivity contribution in [2.45, 2.75) is 20.8 Å². The van der Waals surface area contributed by atoms with Gasteiger partial charge in [0.2, 0.25) is 0 Å². The van der Waals surface area contributed by atoms with E-state index in [0.717, 1.165) is 26.5 Å². The van der Waals surface area contributed by atoms with Crippen molar-refractivity contribution in [2.75, 3.05) is 16.1 Å². The first kappa shape index (κ1) is 23.3. The first-order valence-corrected chi connectivity index (χ1v) is 11.4. The minimum atomic E-state index is -0.900. The van der Waals surface area contributed by atoms with E-state index in [1.807, 2.05) is 45.0 Å². The van der Waals surface area contributed by atoms with Crippen molar-refractivity contribution in [3.8, 4) is 0 Å². The highest BCUT2D eigenvalue weighted by Gasteiger charge is 2.21. The Morgan fingerprint density at radius 2 is 1.44 bits per heavy atom. The molecule has 1 aromatic heterocycles. The van der Waals surface area contributed by atoms with Crippen molar-refractivity contribution in [2.24, 2.45) is 0 Å². The van der Waals surface area contributed by atoms with Crippen LogP contribution in [-0.4, -0.2) is 22.4 Å². The second-order valence-corrected chi connectivity index (χ2v) is 9.00. The normalized spacial score (nSPS) is 10.7. The van der Waals surface area contributed by atoms with Crippen molar-refractivity contribution in [3.05, 3.63) is 93.6 Å². The van der Waals surface area contributed by atoms with Crippen molar-refractivity contribution in [3.63, 3.8) is 0 Å². The number of anilines is 2. The van der Waals surface area contributed by atoms with Gasteiger partial charge in [0.05, 0.1) is 5.52 Å². The van der Waals surface area contributed by atoms with Crippen LogP contribution in [-0.2, 0) is 9.59 Å². The van der Waals surface area contributed by atoms with E-state index in [2.05, 4.69) is 32.0 Å². The SMILES string of the molecule is Cc1ccc(NC(=O)c2cc3cc(Br)ccc3n2NC(=O)C(=O)Nc2ccc(C)c(C)c2)cc1. The van der Waals surface area contributed by atoms with E-state index in [-0.39, 0.29) is 5.69 Å².